The van der Waals surface area contributed by atoms with Crippen LogP contribution in [0.5, 0.6) is 5.75 Å². The molecule has 1 saturated heterocycles. The number of esters is 1. The number of aliphatic hydroxyl groups is 1. The van der Waals surface area contributed by atoms with Gasteiger partial charge in [-0.2, -0.15) is 0 Å². The number of rotatable bonds is 6. The summed E-state index contributed by atoms with van der Waals surface area (Å²) in [6, 6.07) is 4.69. The molecule has 0 unspecified atom stereocenters. The van der Waals surface area contributed by atoms with Gasteiger partial charge < -0.3 is 29.8 Å². The minimum atomic E-state index is -1.10. The topological polar surface area (TPSA) is 130 Å². The third-order valence-electron chi connectivity index (χ3n) is 4.72. The molecule has 0 saturated carbocycles. The van der Waals surface area contributed by atoms with E-state index in [2.05, 4.69) is 15.3 Å². The quantitative estimate of drug-likeness (QED) is 0.202. The lowest BCUT2D eigenvalue weighted by atomic mass is 10.0. The number of nitrogens with zero attached hydrogens (tertiary/aromatic N) is 1. The summed E-state index contributed by atoms with van der Waals surface area (Å²) in [4.78, 5) is 29.0. The Balaban J connectivity index is 1.72. The van der Waals surface area contributed by atoms with E-state index in [1.807, 2.05) is 0 Å². The molecular formula is C23H24N2O7. The molecular weight excluding hydrogens is 416 g/mol. The number of hydrogen-bond donors (Lipinski definition) is 3. The van der Waals surface area contributed by atoms with Crippen LogP contribution in [0.4, 0.5) is 0 Å². The second-order valence-corrected chi connectivity index (χ2v) is 6.93. The number of aromatic hydroxyl groups is 1. The van der Waals surface area contributed by atoms with Crippen LogP contribution >= 0.6 is 0 Å². The molecule has 2 aliphatic heterocycles. The van der Waals surface area contributed by atoms with E-state index in [-0.39, 0.29) is 23.8 Å². The monoisotopic (exact) mass is 440 g/mol. The predicted octanol–water partition coefficient (Wildman–Crippen LogP) is 1.84. The first kappa shape index (κ1) is 23.0. The first-order valence-corrected chi connectivity index (χ1v) is 9.91. The molecule has 2 aliphatic rings. The van der Waals surface area contributed by atoms with Crippen LogP contribution in [-0.4, -0.2) is 59.8 Å². The molecule has 0 spiro atoms. The SMILES string of the molecule is CO/N=C\C=C/C(=O)N/C=C\C[C@@H]1OC(=O)c2c(O)cccc2/C=C/C=C\[C@H]2O[C@H]2[C@@H]1O. The van der Waals surface area contributed by atoms with Crippen molar-refractivity contribution in [2.75, 3.05) is 7.11 Å². The maximum atomic E-state index is 12.8. The highest BCUT2D eigenvalue weighted by atomic mass is 16.6. The van der Waals surface area contributed by atoms with Gasteiger partial charge in [0.25, 0.3) is 0 Å². The summed E-state index contributed by atoms with van der Waals surface area (Å²) in [5.74, 6) is -1.40. The molecule has 168 valence electrons. The van der Waals surface area contributed by atoms with Crippen LogP contribution in [0, 0.1) is 0 Å². The van der Waals surface area contributed by atoms with Gasteiger partial charge >= 0.3 is 5.97 Å². The molecule has 0 aliphatic carbocycles. The number of oxime groups is 1. The summed E-state index contributed by atoms with van der Waals surface area (Å²) in [6.07, 6.45) is 11.1. The Morgan fingerprint density at radius 3 is 3.00 bits per heavy atom. The molecule has 0 radical (unpaired) electrons. The summed E-state index contributed by atoms with van der Waals surface area (Å²) in [6.45, 7) is 0. The highest BCUT2D eigenvalue weighted by molar-refractivity contribution is 5.96. The number of ether oxygens (including phenoxy) is 2. The Bertz CT molecular complexity index is 981. The van der Waals surface area contributed by atoms with Crippen LogP contribution in [0.2, 0.25) is 0 Å². The first-order chi connectivity index (χ1) is 15.5. The Hall–Kier alpha value is -3.69. The highest BCUT2D eigenvalue weighted by Gasteiger charge is 2.46. The van der Waals surface area contributed by atoms with Crippen LogP contribution in [0.25, 0.3) is 6.08 Å². The van der Waals surface area contributed by atoms with Crippen molar-refractivity contribution < 1.29 is 34.1 Å². The number of benzene rings is 1. The number of fused-ring (bicyclic) bond motifs is 2. The van der Waals surface area contributed by atoms with Gasteiger partial charge in [0, 0.05) is 18.7 Å². The van der Waals surface area contributed by atoms with Crippen LogP contribution in [-0.2, 0) is 19.1 Å². The maximum absolute atomic E-state index is 12.8. The normalized spacial score (nSPS) is 27.1. The molecule has 9 nitrogen and oxygen atoms in total. The van der Waals surface area contributed by atoms with E-state index in [4.69, 9.17) is 9.47 Å². The van der Waals surface area contributed by atoms with Crippen LogP contribution in [0.15, 0.2) is 66.0 Å². The van der Waals surface area contributed by atoms with Crippen LogP contribution < -0.4 is 5.32 Å². The molecule has 9 heteroatoms. The van der Waals surface area contributed by atoms with Gasteiger partial charge in [0.05, 0.1) is 6.21 Å². The number of phenolic OH excluding ortho intramolecular Hbond substituents is 1. The molecule has 32 heavy (non-hydrogen) atoms. The summed E-state index contributed by atoms with van der Waals surface area (Å²) in [5.41, 5.74) is 0.483. The number of amides is 1. The van der Waals surface area contributed by atoms with Gasteiger partial charge in [0.2, 0.25) is 5.91 Å². The zero-order valence-electron chi connectivity index (χ0n) is 17.3. The van der Waals surface area contributed by atoms with Crippen molar-refractivity contribution in [2.24, 2.45) is 5.16 Å². The highest BCUT2D eigenvalue weighted by Crippen LogP contribution is 2.32. The smallest absolute Gasteiger partial charge is 0.342 e. The lowest BCUT2D eigenvalue weighted by molar-refractivity contribution is -0.115. The molecule has 1 amide bonds. The molecule has 3 N–H and O–H groups in total. The van der Waals surface area contributed by atoms with Gasteiger partial charge in [-0.3, -0.25) is 4.79 Å². The summed E-state index contributed by atoms with van der Waals surface area (Å²) >= 11 is 0. The molecule has 0 aromatic heterocycles. The summed E-state index contributed by atoms with van der Waals surface area (Å²) < 4.78 is 11.0. The van der Waals surface area contributed by atoms with Crippen molar-refractivity contribution in [3.8, 4) is 5.75 Å². The van der Waals surface area contributed by atoms with Crippen molar-refractivity contribution in [1.29, 1.82) is 0 Å². The van der Waals surface area contributed by atoms with E-state index in [1.54, 1.807) is 42.5 Å². The third kappa shape index (κ3) is 6.16. The van der Waals surface area contributed by atoms with Crippen molar-refractivity contribution in [3.63, 3.8) is 0 Å². The zero-order chi connectivity index (χ0) is 22.9. The van der Waals surface area contributed by atoms with Gasteiger partial charge in [0.1, 0.15) is 42.8 Å². The first-order valence-electron chi connectivity index (χ1n) is 9.91. The summed E-state index contributed by atoms with van der Waals surface area (Å²) in [5, 5.41) is 26.9. The second kappa shape index (κ2) is 11.1. The fraction of sp³-hybridized carbons (Fsp3) is 0.261. The summed E-state index contributed by atoms with van der Waals surface area (Å²) in [7, 11) is 1.39. The lowest BCUT2D eigenvalue weighted by Gasteiger charge is -2.22. The molecule has 1 aromatic carbocycles. The average Bonchev–Trinajstić information content (AvgIpc) is 3.54. The molecule has 0 bridgehead atoms. The Labute approximate surface area is 185 Å². The van der Waals surface area contributed by atoms with Crippen LogP contribution in [0.3, 0.4) is 0 Å². The molecule has 3 rings (SSSR count). The Kier molecular flexibility index (Phi) is 7.96. The van der Waals surface area contributed by atoms with E-state index < -0.39 is 30.2 Å². The average molecular weight is 440 g/mol. The number of carbonyl (C=O) groups is 2. The zero-order valence-corrected chi connectivity index (χ0v) is 17.3. The van der Waals surface area contributed by atoms with E-state index in [1.165, 1.54) is 37.7 Å². The van der Waals surface area contributed by atoms with E-state index >= 15 is 0 Å². The van der Waals surface area contributed by atoms with Crippen molar-refractivity contribution in [3.05, 3.63) is 72.0 Å². The maximum Gasteiger partial charge on any atom is 0.342 e. The fourth-order valence-corrected chi connectivity index (χ4v) is 3.10. The Morgan fingerprint density at radius 1 is 1.34 bits per heavy atom. The van der Waals surface area contributed by atoms with Gasteiger partial charge in [-0.15, -0.1) is 0 Å². The number of allylic oxidation sites excluding steroid dienone is 3. The van der Waals surface area contributed by atoms with E-state index in [0.717, 1.165) is 0 Å². The van der Waals surface area contributed by atoms with Gasteiger partial charge in [-0.25, -0.2) is 4.79 Å². The number of aliphatic hydroxyl groups excluding tert-OH is 1. The molecule has 4 atom stereocenters. The van der Waals surface area contributed by atoms with Gasteiger partial charge in [0.15, 0.2) is 0 Å². The van der Waals surface area contributed by atoms with Gasteiger partial charge in [-0.1, -0.05) is 47.7 Å². The van der Waals surface area contributed by atoms with Crippen molar-refractivity contribution >= 4 is 24.2 Å². The number of carbonyl (C=O) groups excluding carboxylic acids is 2. The van der Waals surface area contributed by atoms with E-state index in [0.29, 0.717) is 5.56 Å². The number of nitrogens with one attached hydrogen (secondary N) is 1. The molecule has 1 fully saturated rings. The van der Waals surface area contributed by atoms with Crippen molar-refractivity contribution in [2.45, 2.75) is 30.8 Å². The molecule has 1 aromatic rings. The van der Waals surface area contributed by atoms with Crippen LogP contribution in [0.1, 0.15) is 22.3 Å². The number of cyclic esters (lactones) is 1. The minimum Gasteiger partial charge on any atom is -0.507 e. The fourth-order valence-electron chi connectivity index (χ4n) is 3.10. The molecule has 2 heterocycles. The number of epoxide rings is 1. The second-order valence-electron chi connectivity index (χ2n) is 6.93. The third-order valence-corrected chi connectivity index (χ3v) is 4.72. The Morgan fingerprint density at radius 2 is 2.19 bits per heavy atom. The lowest BCUT2D eigenvalue weighted by Crippen LogP contribution is -2.36. The van der Waals surface area contributed by atoms with Gasteiger partial charge in [-0.05, 0) is 17.7 Å². The standard InChI is InChI=1S/C23H24N2O7/c1-30-25-14-6-12-19(27)24-13-5-11-17-21(28)22-18(31-22)10-3-2-7-15-8-4-9-16(26)20(15)23(29)32-17/h2-10,12-14,17-18,21-22,26,28H,11H2,1H3,(H,24,27)/b7-2+,10-3-,12-6-,13-5-,25-14-/t17-,18+,21+,22+/m0/s1. The minimum absolute atomic E-state index is 0.00308. The largest absolute Gasteiger partial charge is 0.507 e. The van der Waals surface area contributed by atoms with Crippen molar-refractivity contribution in [1.82, 2.24) is 5.32 Å². The van der Waals surface area contributed by atoms with E-state index in [9.17, 15) is 19.8 Å². The number of hydrogen-bond acceptors (Lipinski definition) is 8. The predicted molar refractivity (Wildman–Crippen MR) is 117 cm³/mol. The number of phenols is 1.